The van der Waals surface area contributed by atoms with E-state index in [9.17, 15) is 4.79 Å². The first-order valence-corrected chi connectivity index (χ1v) is 9.92. The SMILES string of the molecule is Cc1nnc(CC(=O)c2cc([C@H]3C[C@@H]3NC3CCC3)c(C)s2)s1. The molecule has 0 amide bonds. The third-order valence-electron chi connectivity index (χ3n) is 4.86. The number of thiophene rings is 1. The van der Waals surface area contributed by atoms with Crippen LogP contribution in [-0.4, -0.2) is 28.1 Å². The van der Waals surface area contributed by atoms with Gasteiger partial charge in [-0.05, 0) is 44.7 Å². The normalized spacial score (nSPS) is 23.7. The summed E-state index contributed by atoms with van der Waals surface area (Å²) in [7, 11) is 0. The van der Waals surface area contributed by atoms with Gasteiger partial charge in [-0.2, -0.15) is 0 Å². The lowest BCUT2D eigenvalue weighted by molar-refractivity contribution is 0.0996. The van der Waals surface area contributed by atoms with Crippen LogP contribution in [0.3, 0.4) is 0 Å². The maximum absolute atomic E-state index is 12.5. The maximum atomic E-state index is 12.5. The Kier molecular flexibility index (Phi) is 4.07. The Morgan fingerprint density at radius 1 is 1.30 bits per heavy atom. The summed E-state index contributed by atoms with van der Waals surface area (Å²) in [5.74, 6) is 0.779. The van der Waals surface area contributed by atoms with Crippen molar-refractivity contribution in [3.8, 4) is 0 Å². The van der Waals surface area contributed by atoms with Gasteiger partial charge in [-0.3, -0.25) is 4.79 Å². The van der Waals surface area contributed by atoms with Crippen LogP contribution < -0.4 is 5.32 Å². The molecule has 2 atom stereocenters. The Labute approximate surface area is 144 Å². The van der Waals surface area contributed by atoms with Crippen LogP contribution in [0.2, 0.25) is 0 Å². The van der Waals surface area contributed by atoms with E-state index in [-0.39, 0.29) is 5.78 Å². The van der Waals surface area contributed by atoms with E-state index in [1.54, 1.807) is 11.3 Å². The quantitative estimate of drug-likeness (QED) is 0.811. The predicted octanol–water partition coefficient (Wildman–Crippen LogP) is 3.64. The lowest BCUT2D eigenvalue weighted by atomic mass is 9.93. The van der Waals surface area contributed by atoms with Gasteiger partial charge in [0.15, 0.2) is 5.78 Å². The number of aromatic nitrogens is 2. The molecular formula is C17H21N3OS2. The Hall–Kier alpha value is -1.11. The second-order valence-electron chi connectivity index (χ2n) is 6.68. The first-order chi connectivity index (χ1) is 11.1. The van der Waals surface area contributed by atoms with Crippen LogP contribution >= 0.6 is 22.7 Å². The highest BCUT2D eigenvalue weighted by Crippen LogP contribution is 2.45. The Morgan fingerprint density at radius 2 is 2.13 bits per heavy atom. The molecule has 122 valence electrons. The number of nitrogens with zero attached hydrogens (tertiary/aromatic N) is 2. The molecule has 4 rings (SSSR count). The summed E-state index contributed by atoms with van der Waals surface area (Å²) in [4.78, 5) is 14.7. The Morgan fingerprint density at radius 3 is 2.78 bits per heavy atom. The Balaban J connectivity index is 1.41. The maximum Gasteiger partial charge on any atom is 0.179 e. The minimum atomic E-state index is 0.171. The molecule has 1 N–H and O–H groups in total. The molecule has 2 aliphatic rings. The van der Waals surface area contributed by atoms with Gasteiger partial charge in [-0.1, -0.05) is 6.42 Å². The lowest BCUT2D eigenvalue weighted by Gasteiger charge is -2.26. The van der Waals surface area contributed by atoms with Gasteiger partial charge in [-0.25, -0.2) is 0 Å². The largest absolute Gasteiger partial charge is 0.311 e. The Bertz CT molecular complexity index is 732. The zero-order chi connectivity index (χ0) is 16.0. The van der Waals surface area contributed by atoms with Gasteiger partial charge in [0.2, 0.25) is 0 Å². The molecule has 23 heavy (non-hydrogen) atoms. The van der Waals surface area contributed by atoms with Crippen LogP contribution in [0, 0.1) is 13.8 Å². The van der Waals surface area contributed by atoms with Gasteiger partial charge in [-0.15, -0.1) is 32.9 Å². The van der Waals surface area contributed by atoms with Crippen molar-refractivity contribution in [2.45, 2.75) is 64.0 Å². The molecule has 2 fully saturated rings. The van der Waals surface area contributed by atoms with E-state index in [0.29, 0.717) is 18.4 Å². The zero-order valence-electron chi connectivity index (χ0n) is 13.5. The molecule has 0 saturated heterocycles. The first kappa shape index (κ1) is 15.4. The number of aryl methyl sites for hydroxylation is 2. The van der Waals surface area contributed by atoms with Crippen LogP contribution in [0.4, 0.5) is 0 Å². The second-order valence-corrected chi connectivity index (χ2v) is 9.20. The molecule has 0 aliphatic heterocycles. The molecule has 4 nitrogen and oxygen atoms in total. The van der Waals surface area contributed by atoms with Gasteiger partial charge in [0.1, 0.15) is 10.0 Å². The van der Waals surface area contributed by atoms with Crippen LogP contribution in [0.25, 0.3) is 0 Å². The summed E-state index contributed by atoms with van der Waals surface area (Å²) in [5.41, 5.74) is 1.38. The van der Waals surface area contributed by atoms with Crippen molar-refractivity contribution in [3.63, 3.8) is 0 Å². The lowest BCUT2D eigenvalue weighted by Crippen LogP contribution is -2.37. The van der Waals surface area contributed by atoms with E-state index in [1.807, 2.05) is 6.92 Å². The molecule has 2 aliphatic carbocycles. The standard InChI is InChI=1S/C17H21N3OS2/c1-9-12(13-6-14(13)18-11-4-3-5-11)7-16(22-9)15(21)8-17-20-19-10(2)23-17/h7,11,13-14,18H,3-6,8H2,1-2H3/t13-,14+/m1/s1. The third-order valence-corrected chi connectivity index (χ3v) is 6.80. The number of hydrogen-bond donors (Lipinski definition) is 1. The van der Waals surface area contributed by atoms with Gasteiger partial charge >= 0.3 is 0 Å². The van der Waals surface area contributed by atoms with Crippen LogP contribution in [0.15, 0.2) is 6.07 Å². The molecular weight excluding hydrogens is 326 g/mol. The molecule has 0 bridgehead atoms. The molecule has 0 aromatic carbocycles. The van der Waals surface area contributed by atoms with Crippen molar-refractivity contribution in [2.24, 2.45) is 0 Å². The summed E-state index contributed by atoms with van der Waals surface area (Å²) >= 11 is 3.14. The molecule has 6 heteroatoms. The average molecular weight is 348 g/mol. The highest BCUT2D eigenvalue weighted by molar-refractivity contribution is 7.14. The fourth-order valence-corrected chi connectivity index (χ4v) is 4.97. The van der Waals surface area contributed by atoms with Gasteiger partial charge < -0.3 is 5.32 Å². The van der Waals surface area contributed by atoms with Gasteiger partial charge in [0.05, 0.1) is 11.3 Å². The fraction of sp³-hybridized carbons (Fsp3) is 0.588. The van der Waals surface area contributed by atoms with E-state index in [4.69, 9.17) is 0 Å². The molecule has 0 radical (unpaired) electrons. The van der Waals surface area contributed by atoms with Gasteiger partial charge in [0, 0.05) is 22.9 Å². The number of hydrogen-bond acceptors (Lipinski definition) is 6. The number of nitrogens with one attached hydrogen (secondary N) is 1. The fourth-order valence-electron chi connectivity index (χ4n) is 3.24. The minimum absolute atomic E-state index is 0.171. The van der Waals surface area contributed by atoms with E-state index in [1.165, 1.54) is 47.5 Å². The number of rotatable bonds is 6. The van der Waals surface area contributed by atoms with Crippen molar-refractivity contribution in [3.05, 3.63) is 31.4 Å². The van der Waals surface area contributed by atoms with Crippen molar-refractivity contribution < 1.29 is 4.79 Å². The molecule has 2 aromatic rings. The van der Waals surface area contributed by atoms with Crippen molar-refractivity contribution in [1.29, 1.82) is 0 Å². The van der Waals surface area contributed by atoms with Gasteiger partial charge in [0.25, 0.3) is 0 Å². The summed E-state index contributed by atoms with van der Waals surface area (Å²) in [6.07, 6.45) is 5.63. The number of ketones is 1. The van der Waals surface area contributed by atoms with Crippen LogP contribution in [0.1, 0.15) is 61.7 Å². The molecule has 2 heterocycles. The van der Waals surface area contributed by atoms with Crippen LogP contribution in [-0.2, 0) is 6.42 Å². The molecule has 0 spiro atoms. The summed E-state index contributed by atoms with van der Waals surface area (Å²) in [6.45, 7) is 4.06. The van der Waals surface area contributed by atoms with E-state index < -0.39 is 0 Å². The topological polar surface area (TPSA) is 54.9 Å². The van der Waals surface area contributed by atoms with Crippen molar-refractivity contribution in [1.82, 2.24) is 15.5 Å². The highest BCUT2D eigenvalue weighted by Gasteiger charge is 2.41. The van der Waals surface area contributed by atoms with E-state index in [0.717, 1.165) is 20.9 Å². The molecule has 2 saturated carbocycles. The number of carbonyl (C=O) groups excluding carboxylic acids is 1. The third kappa shape index (κ3) is 3.25. The smallest absolute Gasteiger partial charge is 0.179 e. The van der Waals surface area contributed by atoms with Crippen molar-refractivity contribution >= 4 is 28.5 Å². The first-order valence-electron chi connectivity index (χ1n) is 8.28. The predicted molar refractivity (Wildman–Crippen MR) is 93.7 cm³/mol. The molecule has 2 aromatic heterocycles. The van der Waals surface area contributed by atoms with Crippen LogP contribution in [0.5, 0.6) is 0 Å². The highest BCUT2D eigenvalue weighted by atomic mass is 32.1. The summed E-state index contributed by atoms with van der Waals surface area (Å²) < 4.78 is 0. The number of Topliss-reactive ketones (excluding diaryl/α,β-unsaturated/α-hetero) is 1. The summed E-state index contributed by atoms with van der Waals surface area (Å²) in [6, 6.07) is 3.50. The second kappa shape index (κ2) is 6.07. The zero-order valence-corrected chi connectivity index (χ0v) is 15.1. The van der Waals surface area contributed by atoms with E-state index in [2.05, 4.69) is 28.5 Å². The number of carbonyl (C=O) groups is 1. The molecule has 0 unspecified atom stereocenters. The minimum Gasteiger partial charge on any atom is -0.311 e. The van der Waals surface area contributed by atoms with Crippen molar-refractivity contribution in [2.75, 3.05) is 0 Å². The monoisotopic (exact) mass is 347 g/mol. The summed E-state index contributed by atoms with van der Waals surface area (Å²) in [5, 5.41) is 13.5. The van der Waals surface area contributed by atoms with E-state index >= 15 is 0 Å². The average Bonchev–Trinajstić information content (AvgIpc) is 2.94.